The predicted octanol–water partition coefficient (Wildman–Crippen LogP) is 3.26. The molecule has 20 heavy (non-hydrogen) atoms. The summed E-state index contributed by atoms with van der Waals surface area (Å²) in [6, 6.07) is 21.4. The molecule has 2 aromatic carbocycles. The molecule has 3 aromatic rings. The number of benzene rings is 2. The van der Waals surface area contributed by atoms with Crippen molar-refractivity contribution in [1.82, 2.24) is 9.78 Å². The van der Waals surface area contributed by atoms with Crippen molar-refractivity contribution in [3.8, 4) is 5.69 Å². The second kappa shape index (κ2) is 5.31. The van der Waals surface area contributed by atoms with Crippen molar-refractivity contribution >= 4 is 0 Å². The minimum atomic E-state index is -0.683. The van der Waals surface area contributed by atoms with E-state index in [1.54, 1.807) is 4.68 Å². The quantitative estimate of drug-likeness (QED) is 0.788. The molecule has 0 aliphatic rings. The SMILES string of the molecule is Cc1cc(C(O)c2ccccc2)n(-c2ccccc2)n1. The van der Waals surface area contributed by atoms with Gasteiger partial charge in [-0.1, -0.05) is 48.5 Å². The van der Waals surface area contributed by atoms with Gasteiger partial charge in [-0.2, -0.15) is 5.10 Å². The van der Waals surface area contributed by atoms with Crippen molar-refractivity contribution < 1.29 is 5.11 Å². The zero-order valence-corrected chi connectivity index (χ0v) is 11.3. The van der Waals surface area contributed by atoms with Gasteiger partial charge in [0.05, 0.1) is 17.1 Å². The number of nitrogens with zero attached hydrogens (tertiary/aromatic N) is 2. The van der Waals surface area contributed by atoms with E-state index in [1.165, 1.54) is 0 Å². The van der Waals surface area contributed by atoms with Crippen LogP contribution in [0, 0.1) is 6.92 Å². The number of aliphatic hydroxyl groups excluding tert-OH is 1. The molecule has 0 fully saturated rings. The number of hydrogen-bond donors (Lipinski definition) is 1. The molecule has 3 heteroatoms. The van der Waals surface area contributed by atoms with E-state index < -0.39 is 6.10 Å². The molecule has 1 aromatic heterocycles. The van der Waals surface area contributed by atoms with Gasteiger partial charge in [0.2, 0.25) is 0 Å². The molecule has 0 bridgehead atoms. The molecule has 1 heterocycles. The van der Waals surface area contributed by atoms with E-state index in [0.717, 1.165) is 22.6 Å². The molecule has 0 radical (unpaired) electrons. The van der Waals surface area contributed by atoms with Crippen LogP contribution in [-0.4, -0.2) is 14.9 Å². The molecule has 0 aliphatic heterocycles. The zero-order valence-electron chi connectivity index (χ0n) is 11.3. The Kier molecular flexibility index (Phi) is 3.35. The first-order valence-electron chi connectivity index (χ1n) is 6.61. The summed E-state index contributed by atoms with van der Waals surface area (Å²) >= 11 is 0. The Balaban J connectivity index is 2.07. The van der Waals surface area contributed by atoms with E-state index in [-0.39, 0.29) is 0 Å². The van der Waals surface area contributed by atoms with Crippen LogP contribution >= 0.6 is 0 Å². The van der Waals surface area contributed by atoms with Crippen LogP contribution in [0.5, 0.6) is 0 Å². The van der Waals surface area contributed by atoms with Crippen molar-refractivity contribution in [2.75, 3.05) is 0 Å². The highest BCUT2D eigenvalue weighted by molar-refractivity contribution is 5.36. The second-order valence-electron chi connectivity index (χ2n) is 4.77. The number of para-hydroxylation sites is 1. The molecule has 1 atom stereocenters. The Labute approximate surface area is 118 Å². The van der Waals surface area contributed by atoms with E-state index in [9.17, 15) is 5.11 Å². The van der Waals surface area contributed by atoms with Gasteiger partial charge in [0.15, 0.2) is 0 Å². The first-order chi connectivity index (χ1) is 9.75. The molecule has 0 aliphatic carbocycles. The molecule has 3 nitrogen and oxygen atoms in total. The normalized spacial score (nSPS) is 12.3. The van der Waals surface area contributed by atoms with Crippen LogP contribution in [0.4, 0.5) is 0 Å². The highest BCUT2D eigenvalue weighted by Gasteiger charge is 2.17. The van der Waals surface area contributed by atoms with Gasteiger partial charge in [0, 0.05) is 0 Å². The molecule has 0 saturated heterocycles. The Morgan fingerprint density at radius 3 is 2.20 bits per heavy atom. The smallest absolute Gasteiger partial charge is 0.121 e. The lowest BCUT2D eigenvalue weighted by Crippen LogP contribution is -2.08. The fourth-order valence-electron chi connectivity index (χ4n) is 2.30. The highest BCUT2D eigenvalue weighted by Crippen LogP contribution is 2.24. The van der Waals surface area contributed by atoms with E-state index in [4.69, 9.17) is 0 Å². The topological polar surface area (TPSA) is 38.0 Å². The van der Waals surface area contributed by atoms with Gasteiger partial charge in [-0.15, -0.1) is 0 Å². The number of rotatable bonds is 3. The van der Waals surface area contributed by atoms with Crippen LogP contribution in [0.1, 0.15) is 23.1 Å². The minimum absolute atomic E-state index is 0.683. The molecule has 0 saturated carbocycles. The summed E-state index contributed by atoms with van der Waals surface area (Å²) in [4.78, 5) is 0. The Morgan fingerprint density at radius 1 is 0.950 bits per heavy atom. The minimum Gasteiger partial charge on any atom is -0.382 e. The average Bonchev–Trinajstić information content (AvgIpc) is 2.90. The highest BCUT2D eigenvalue weighted by atomic mass is 16.3. The maximum absolute atomic E-state index is 10.6. The zero-order chi connectivity index (χ0) is 13.9. The predicted molar refractivity (Wildman–Crippen MR) is 78.8 cm³/mol. The van der Waals surface area contributed by atoms with E-state index in [0.29, 0.717) is 0 Å². The van der Waals surface area contributed by atoms with Gasteiger partial charge in [0.25, 0.3) is 0 Å². The standard InChI is InChI=1S/C17H16N2O/c1-13-12-16(17(20)14-8-4-2-5-9-14)19(18-13)15-10-6-3-7-11-15/h2-12,17,20H,1H3. The summed E-state index contributed by atoms with van der Waals surface area (Å²) in [6.07, 6.45) is -0.683. The third-order valence-corrected chi connectivity index (χ3v) is 3.26. The van der Waals surface area contributed by atoms with Crippen molar-refractivity contribution in [2.24, 2.45) is 0 Å². The lowest BCUT2D eigenvalue weighted by molar-refractivity contribution is 0.212. The van der Waals surface area contributed by atoms with Crippen molar-refractivity contribution in [2.45, 2.75) is 13.0 Å². The first kappa shape index (κ1) is 12.6. The Morgan fingerprint density at radius 2 is 1.55 bits per heavy atom. The summed E-state index contributed by atoms with van der Waals surface area (Å²) in [6.45, 7) is 1.93. The van der Waals surface area contributed by atoms with Crippen LogP contribution in [-0.2, 0) is 0 Å². The van der Waals surface area contributed by atoms with Crippen molar-refractivity contribution in [3.63, 3.8) is 0 Å². The van der Waals surface area contributed by atoms with E-state index in [2.05, 4.69) is 5.10 Å². The summed E-state index contributed by atoms with van der Waals surface area (Å²) in [5.41, 5.74) is 3.48. The Hall–Kier alpha value is -2.39. The van der Waals surface area contributed by atoms with Crippen molar-refractivity contribution in [1.29, 1.82) is 0 Å². The summed E-state index contributed by atoms with van der Waals surface area (Å²) in [5.74, 6) is 0. The molecule has 0 amide bonds. The third kappa shape index (κ3) is 2.36. The molecular formula is C17H16N2O. The second-order valence-corrected chi connectivity index (χ2v) is 4.77. The number of hydrogen-bond acceptors (Lipinski definition) is 2. The van der Waals surface area contributed by atoms with E-state index in [1.807, 2.05) is 73.7 Å². The Bertz CT molecular complexity index is 690. The lowest BCUT2D eigenvalue weighted by atomic mass is 10.1. The molecule has 0 spiro atoms. The fourth-order valence-corrected chi connectivity index (χ4v) is 2.30. The molecule has 1 unspecified atom stereocenters. The van der Waals surface area contributed by atoms with Gasteiger partial charge in [0.1, 0.15) is 6.10 Å². The summed E-state index contributed by atoms with van der Waals surface area (Å²) < 4.78 is 1.80. The molecule has 100 valence electrons. The molecular weight excluding hydrogens is 248 g/mol. The summed E-state index contributed by atoms with van der Waals surface area (Å²) in [5, 5.41) is 15.1. The first-order valence-corrected chi connectivity index (χ1v) is 6.61. The number of aryl methyl sites for hydroxylation is 1. The summed E-state index contributed by atoms with van der Waals surface area (Å²) in [7, 11) is 0. The van der Waals surface area contributed by atoms with Gasteiger partial charge in [-0.05, 0) is 30.7 Å². The van der Waals surface area contributed by atoms with Crippen LogP contribution in [0.25, 0.3) is 5.69 Å². The van der Waals surface area contributed by atoms with Gasteiger partial charge in [-0.25, -0.2) is 4.68 Å². The fraction of sp³-hybridized carbons (Fsp3) is 0.118. The number of aliphatic hydroxyl groups is 1. The van der Waals surface area contributed by atoms with Gasteiger partial charge < -0.3 is 5.11 Å². The average molecular weight is 264 g/mol. The third-order valence-electron chi connectivity index (χ3n) is 3.26. The van der Waals surface area contributed by atoms with Crippen LogP contribution in [0.3, 0.4) is 0 Å². The van der Waals surface area contributed by atoms with Gasteiger partial charge in [-0.3, -0.25) is 0 Å². The van der Waals surface area contributed by atoms with Crippen LogP contribution < -0.4 is 0 Å². The maximum Gasteiger partial charge on any atom is 0.121 e. The number of aromatic nitrogens is 2. The van der Waals surface area contributed by atoms with Crippen LogP contribution in [0.2, 0.25) is 0 Å². The monoisotopic (exact) mass is 264 g/mol. The molecule has 1 N–H and O–H groups in total. The van der Waals surface area contributed by atoms with E-state index >= 15 is 0 Å². The van der Waals surface area contributed by atoms with Gasteiger partial charge >= 0.3 is 0 Å². The van der Waals surface area contributed by atoms with Crippen molar-refractivity contribution in [3.05, 3.63) is 83.7 Å². The largest absolute Gasteiger partial charge is 0.382 e. The lowest BCUT2D eigenvalue weighted by Gasteiger charge is -2.13. The maximum atomic E-state index is 10.6. The van der Waals surface area contributed by atoms with Crippen LogP contribution in [0.15, 0.2) is 66.7 Å². The molecule has 3 rings (SSSR count).